The van der Waals surface area contributed by atoms with Gasteiger partial charge in [0, 0.05) is 12.1 Å². The third kappa shape index (κ3) is 5.88. The van der Waals surface area contributed by atoms with E-state index in [4.69, 9.17) is 14.7 Å². The third-order valence-electron chi connectivity index (χ3n) is 4.87. The van der Waals surface area contributed by atoms with E-state index < -0.39 is 0 Å². The molecule has 0 aliphatic carbocycles. The maximum Gasteiger partial charge on any atom is 0.263 e. The quantitative estimate of drug-likeness (QED) is 0.565. The fourth-order valence-electron chi connectivity index (χ4n) is 3.14. The van der Waals surface area contributed by atoms with Gasteiger partial charge in [-0.1, -0.05) is 45.0 Å². The van der Waals surface area contributed by atoms with Gasteiger partial charge in [-0.2, -0.15) is 10.4 Å². The van der Waals surface area contributed by atoms with Crippen LogP contribution < -0.4 is 14.8 Å². The molecule has 0 aliphatic rings. The molecule has 0 spiro atoms. The first-order valence-electron chi connectivity index (χ1n) is 10.5. The molecule has 3 rings (SSSR count). The van der Waals surface area contributed by atoms with Crippen molar-refractivity contribution in [3.63, 3.8) is 0 Å². The van der Waals surface area contributed by atoms with Gasteiger partial charge in [0.1, 0.15) is 5.82 Å². The number of ether oxygens (including phenoxy) is 2. The second kappa shape index (κ2) is 10.0. The minimum absolute atomic E-state index is 0.0975. The van der Waals surface area contributed by atoms with Crippen LogP contribution in [0.4, 0.5) is 5.82 Å². The molecule has 32 heavy (non-hydrogen) atoms. The molecule has 7 heteroatoms. The second-order valence-corrected chi connectivity index (χ2v) is 8.36. The summed E-state index contributed by atoms with van der Waals surface area (Å²) in [5.74, 6) is 1.11. The molecule has 2 aromatic carbocycles. The Hall–Kier alpha value is -3.79. The van der Waals surface area contributed by atoms with Crippen LogP contribution in [0.3, 0.4) is 0 Å². The molecular weight excluding hydrogens is 404 g/mol. The Morgan fingerprint density at radius 2 is 1.84 bits per heavy atom. The fourth-order valence-corrected chi connectivity index (χ4v) is 3.14. The number of amides is 1. The van der Waals surface area contributed by atoms with Gasteiger partial charge in [0.05, 0.1) is 31.0 Å². The fraction of sp³-hybridized carbons (Fsp3) is 0.320. The van der Waals surface area contributed by atoms with E-state index >= 15 is 0 Å². The summed E-state index contributed by atoms with van der Waals surface area (Å²) < 4.78 is 12.9. The number of benzene rings is 2. The van der Waals surface area contributed by atoms with Crippen LogP contribution in [-0.2, 0) is 16.8 Å². The maximum atomic E-state index is 12.5. The van der Waals surface area contributed by atoms with Crippen molar-refractivity contribution in [3.05, 3.63) is 71.4 Å². The summed E-state index contributed by atoms with van der Waals surface area (Å²) in [6, 6.07) is 17.1. The van der Waals surface area contributed by atoms with Crippen molar-refractivity contribution in [2.45, 2.75) is 39.7 Å². The molecule has 0 radical (unpaired) electrons. The van der Waals surface area contributed by atoms with Gasteiger partial charge >= 0.3 is 0 Å². The zero-order valence-corrected chi connectivity index (χ0v) is 18.9. The van der Waals surface area contributed by atoms with E-state index in [-0.39, 0.29) is 17.9 Å². The average Bonchev–Trinajstić information content (AvgIpc) is 3.19. The minimum atomic E-state index is -0.318. The molecule has 1 amide bonds. The smallest absolute Gasteiger partial charge is 0.263 e. The summed E-state index contributed by atoms with van der Waals surface area (Å²) >= 11 is 0. The SMILES string of the molecule is CCOc1cc(C#N)ccc1OCC(=O)Nc1ccnn1Cc1ccc(C(C)(C)C)cc1. The summed E-state index contributed by atoms with van der Waals surface area (Å²) in [5, 5.41) is 16.2. The molecular formula is C25H28N4O3. The Bertz CT molecular complexity index is 1110. The highest BCUT2D eigenvalue weighted by atomic mass is 16.5. The van der Waals surface area contributed by atoms with E-state index in [1.807, 2.05) is 6.92 Å². The van der Waals surface area contributed by atoms with Crippen LogP contribution in [0, 0.1) is 11.3 Å². The van der Waals surface area contributed by atoms with Crippen molar-refractivity contribution >= 4 is 11.7 Å². The zero-order valence-electron chi connectivity index (χ0n) is 18.9. The highest BCUT2D eigenvalue weighted by molar-refractivity contribution is 5.91. The number of nitrogens with zero attached hydrogens (tertiary/aromatic N) is 3. The van der Waals surface area contributed by atoms with Crippen molar-refractivity contribution in [2.75, 3.05) is 18.5 Å². The van der Waals surface area contributed by atoms with Crippen LogP contribution in [0.1, 0.15) is 44.4 Å². The normalized spacial score (nSPS) is 11.0. The van der Waals surface area contributed by atoms with Crippen molar-refractivity contribution in [1.29, 1.82) is 5.26 Å². The number of aromatic nitrogens is 2. The summed E-state index contributed by atoms with van der Waals surface area (Å²) in [7, 11) is 0. The minimum Gasteiger partial charge on any atom is -0.490 e. The second-order valence-electron chi connectivity index (χ2n) is 8.36. The lowest BCUT2D eigenvalue weighted by molar-refractivity contribution is -0.118. The first kappa shape index (κ1) is 22.9. The first-order chi connectivity index (χ1) is 15.3. The van der Waals surface area contributed by atoms with Gasteiger partial charge in [-0.15, -0.1) is 0 Å². The van der Waals surface area contributed by atoms with Gasteiger partial charge in [0.25, 0.3) is 5.91 Å². The predicted octanol–water partition coefficient (Wildman–Crippen LogP) is 4.52. The van der Waals surface area contributed by atoms with Crippen molar-refractivity contribution < 1.29 is 14.3 Å². The molecule has 0 unspecified atom stereocenters. The Morgan fingerprint density at radius 3 is 2.50 bits per heavy atom. The monoisotopic (exact) mass is 432 g/mol. The van der Waals surface area contributed by atoms with Crippen molar-refractivity contribution in [2.24, 2.45) is 0 Å². The Balaban J connectivity index is 1.62. The van der Waals surface area contributed by atoms with E-state index in [0.29, 0.717) is 36.0 Å². The molecule has 1 heterocycles. The van der Waals surface area contributed by atoms with Crippen LogP contribution in [0.2, 0.25) is 0 Å². The number of anilines is 1. The number of carbonyl (C=O) groups excluding carboxylic acids is 1. The van der Waals surface area contributed by atoms with Crippen LogP contribution in [0.15, 0.2) is 54.7 Å². The molecule has 0 aliphatic heterocycles. The number of hydrogen-bond donors (Lipinski definition) is 1. The molecule has 0 saturated heterocycles. The number of nitrogens with one attached hydrogen (secondary N) is 1. The van der Waals surface area contributed by atoms with Crippen LogP contribution >= 0.6 is 0 Å². The maximum absolute atomic E-state index is 12.5. The molecule has 0 bridgehead atoms. The topological polar surface area (TPSA) is 89.2 Å². The predicted molar refractivity (Wildman–Crippen MR) is 123 cm³/mol. The van der Waals surface area contributed by atoms with E-state index in [1.54, 1.807) is 35.1 Å². The van der Waals surface area contributed by atoms with Gasteiger partial charge in [-0.3, -0.25) is 4.79 Å². The van der Waals surface area contributed by atoms with Gasteiger partial charge < -0.3 is 14.8 Å². The highest BCUT2D eigenvalue weighted by Crippen LogP contribution is 2.28. The molecule has 0 fully saturated rings. The van der Waals surface area contributed by atoms with E-state index in [2.05, 4.69) is 61.5 Å². The van der Waals surface area contributed by atoms with Gasteiger partial charge in [0.15, 0.2) is 18.1 Å². The average molecular weight is 433 g/mol. The standard InChI is InChI=1S/C25H28N4O3/c1-5-31-22-14-19(15-26)8-11-21(22)32-17-24(30)28-23-12-13-27-29(23)16-18-6-9-20(10-7-18)25(2,3)4/h6-14H,5,16-17H2,1-4H3,(H,28,30). The molecule has 0 atom stereocenters. The number of hydrogen-bond acceptors (Lipinski definition) is 5. The molecule has 3 aromatic rings. The van der Waals surface area contributed by atoms with E-state index in [1.165, 1.54) is 5.56 Å². The molecule has 1 aromatic heterocycles. The van der Waals surface area contributed by atoms with Crippen LogP contribution in [0.5, 0.6) is 11.5 Å². The number of rotatable bonds is 8. The van der Waals surface area contributed by atoms with E-state index in [0.717, 1.165) is 5.56 Å². The zero-order chi connectivity index (χ0) is 23.1. The molecule has 166 valence electrons. The summed E-state index contributed by atoms with van der Waals surface area (Å²) in [6.07, 6.45) is 1.65. The lowest BCUT2D eigenvalue weighted by Gasteiger charge is -2.19. The lowest BCUT2D eigenvalue weighted by Crippen LogP contribution is -2.22. The number of nitriles is 1. The van der Waals surface area contributed by atoms with Gasteiger partial charge in [0.2, 0.25) is 0 Å². The summed E-state index contributed by atoms with van der Waals surface area (Å²) in [4.78, 5) is 12.5. The first-order valence-corrected chi connectivity index (χ1v) is 10.5. The van der Waals surface area contributed by atoms with Crippen LogP contribution in [-0.4, -0.2) is 28.9 Å². The third-order valence-corrected chi connectivity index (χ3v) is 4.87. The number of carbonyl (C=O) groups is 1. The highest BCUT2D eigenvalue weighted by Gasteiger charge is 2.14. The van der Waals surface area contributed by atoms with E-state index in [9.17, 15) is 4.79 Å². The Labute approximate surface area is 188 Å². The molecule has 0 saturated carbocycles. The Kier molecular flexibility index (Phi) is 7.16. The summed E-state index contributed by atoms with van der Waals surface area (Å²) in [5.41, 5.74) is 2.92. The van der Waals surface area contributed by atoms with Crippen LogP contribution in [0.25, 0.3) is 0 Å². The Morgan fingerprint density at radius 1 is 1.09 bits per heavy atom. The van der Waals surface area contributed by atoms with Gasteiger partial charge in [-0.05, 0) is 35.6 Å². The molecule has 7 nitrogen and oxygen atoms in total. The van der Waals surface area contributed by atoms with Crippen molar-refractivity contribution in [1.82, 2.24) is 9.78 Å². The van der Waals surface area contributed by atoms with Crippen molar-refractivity contribution in [3.8, 4) is 17.6 Å². The largest absolute Gasteiger partial charge is 0.490 e. The summed E-state index contributed by atoms with van der Waals surface area (Å²) in [6.45, 7) is 9.15. The lowest BCUT2D eigenvalue weighted by atomic mass is 9.87. The molecule has 1 N–H and O–H groups in total. The van der Waals surface area contributed by atoms with Gasteiger partial charge in [-0.25, -0.2) is 4.68 Å².